The zero-order chi connectivity index (χ0) is 14.4. The van der Waals surface area contributed by atoms with Crippen molar-refractivity contribution in [1.82, 2.24) is 9.80 Å². The Bertz CT molecular complexity index is 386. The van der Waals surface area contributed by atoms with Gasteiger partial charge >= 0.3 is 0 Å². The van der Waals surface area contributed by atoms with Gasteiger partial charge in [0.15, 0.2) is 0 Å². The van der Waals surface area contributed by atoms with Gasteiger partial charge < -0.3 is 9.64 Å². The van der Waals surface area contributed by atoms with Crippen molar-refractivity contribution in [1.29, 1.82) is 0 Å². The molecule has 20 heavy (non-hydrogen) atoms. The van der Waals surface area contributed by atoms with Gasteiger partial charge in [0.05, 0.1) is 6.61 Å². The molecule has 1 aromatic carbocycles. The lowest BCUT2D eigenvalue weighted by molar-refractivity contribution is 0.104. The summed E-state index contributed by atoms with van der Waals surface area (Å²) in [5.74, 6) is 0.982. The molecule has 0 spiro atoms. The van der Waals surface area contributed by atoms with Gasteiger partial charge in [0.25, 0.3) is 0 Å². The Balaban J connectivity index is 1.59. The van der Waals surface area contributed by atoms with Gasteiger partial charge in [-0.2, -0.15) is 0 Å². The summed E-state index contributed by atoms with van der Waals surface area (Å²) in [6, 6.07) is 8.94. The van der Waals surface area contributed by atoms with Crippen LogP contribution in [0.3, 0.4) is 0 Å². The van der Waals surface area contributed by atoms with Crippen LogP contribution in [0.1, 0.15) is 20.3 Å². The van der Waals surface area contributed by atoms with Crippen molar-refractivity contribution in [3.05, 3.63) is 27.8 Å². The number of benzene rings is 1. The molecule has 0 saturated carbocycles. The van der Waals surface area contributed by atoms with E-state index >= 15 is 0 Å². The van der Waals surface area contributed by atoms with Crippen LogP contribution < -0.4 is 4.74 Å². The molecule has 1 aliphatic rings. The fourth-order valence-electron chi connectivity index (χ4n) is 2.51. The minimum Gasteiger partial charge on any atom is -0.494 e. The Morgan fingerprint density at radius 2 is 1.75 bits per heavy atom. The number of nitrogens with zero attached hydrogens (tertiary/aromatic N) is 2. The molecule has 0 bridgehead atoms. The van der Waals surface area contributed by atoms with E-state index in [0.29, 0.717) is 6.04 Å². The van der Waals surface area contributed by atoms with Gasteiger partial charge in [-0.05, 0) is 67.1 Å². The number of hydrogen-bond donors (Lipinski definition) is 0. The Morgan fingerprint density at radius 1 is 1.10 bits per heavy atom. The van der Waals surface area contributed by atoms with E-state index in [-0.39, 0.29) is 0 Å². The zero-order valence-electron chi connectivity index (χ0n) is 12.5. The standard InChI is InChI=1S/C16H25IN2O/c1-14(2)19-11-9-18(10-12-19)8-3-13-20-16-6-4-15(17)5-7-16/h4-7,14H,3,8-13H2,1-2H3. The predicted octanol–water partition coefficient (Wildman–Crippen LogP) is 3.09. The molecule has 3 nitrogen and oxygen atoms in total. The van der Waals surface area contributed by atoms with E-state index in [1.54, 1.807) is 0 Å². The second-order valence-corrected chi connectivity index (χ2v) is 6.87. The summed E-state index contributed by atoms with van der Waals surface area (Å²) >= 11 is 2.31. The molecule has 0 atom stereocenters. The van der Waals surface area contributed by atoms with E-state index in [9.17, 15) is 0 Å². The molecule has 0 unspecified atom stereocenters. The smallest absolute Gasteiger partial charge is 0.119 e. The van der Waals surface area contributed by atoms with Crippen LogP contribution in [0.4, 0.5) is 0 Å². The quantitative estimate of drug-likeness (QED) is 0.550. The van der Waals surface area contributed by atoms with Crippen LogP contribution in [0.25, 0.3) is 0 Å². The maximum absolute atomic E-state index is 5.77. The fraction of sp³-hybridized carbons (Fsp3) is 0.625. The Morgan fingerprint density at radius 3 is 2.35 bits per heavy atom. The third-order valence-electron chi connectivity index (χ3n) is 3.84. The first-order chi connectivity index (χ1) is 9.65. The second-order valence-electron chi connectivity index (χ2n) is 5.63. The summed E-state index contributed by atoms with van der Waals surface area (Å²) in [4.78, 5) is 5.11. The highest BCUT2D eigenvalue weighted by Crippen LogP contribution is 2.13. The van der Waals surface area contributed by atoms with Crippen molar-refractivity contribution in [2.45, 2.75) is 26.3 Å². The number of ether oxygens (including phenoxy) is 1. The Hall–Kier alpha value is -0.330. The van der Waals surface area contributed by atoms with Crippen LogP contribution in [0, 0.1) is 3.57 Å². The van der Waals surface area contributed by atoms with E-state index in [1.807, 2.05) is 12.1 Å². The average molecular weight is 388 g/mol. The Labute approximate surface area is 136 Å². The summed E-state index contributed by atoms with van der Waals surface area (Å²) in [5, 5.41) is 0. The zero-order valence-corrected chi connectivity index (χ0v) is 14.7. The lowest BCUT2D eigenvalue weighted by atomic mass is 10.2. The summed E-state index contributed by atoms with van der Waals surface area (Å²) in [6.07, 6.45) is 1.10. The third kappa shape index (κ3) is 5.22. The first-order valence-electron chi connectivity index (χ1n) is 7.50. The van der Waals surface area contributed by atoms with Gasteiger partial charge in [-0.1, -0.05) is 0 Å². The molecular formula is C16H25IN2O. The molecule has 0 N–H and O–H groups in total. The molecule has 0 aliphatic carbocycles. The summed E-state index contributed by atoms with van der Waals surface area (Å²) in [6.45, 7) is 11.3. The maximum atomic E-state index is 5.77. The SMILES string of the molecule is CC(C)N1CCN(CCCOc2ccc(I)cc2)CC1. The number of hydrogen-bond acceptors (Lipinski definition) is 3. The predicted molar refractivity (Wildman–Crippen MR) is 92.4 cm³/mol. The molecule has 1 aliphatic heterocycles. The molecule has 1 saturated heterocycles. The number of halogens is 1. The fourth-order valence-corrected chi connectivity index (χ4v) is 2.87. The van der Waals surface area contributed by atoms with Gasteiger partial charge in [-0.15, -0.1) is 0 Å². The highest BCUT2D eigenvalue weighted by Gasteiger charge is 2.17. The van der Waals surface area contributed by atoms with Crippen molar-refractivity contribution in [3.63, 3.8) is 0 Å². The second kappa shape index (κ2) is 8.20. The number of rotatable bonds is 6. The van der Waals surface area contributed by atoms with Crippen LogP contribution in [-0.2, 0) is 0 Å². The largest absolute Gasteiger partial charge is 0.494 e. The minimum atomic E-state index is 0.682. The number of piperazine rings is 1. The lowest BCUT2D eigenvalue weighted by Crippen LogP contribution is -2.49. The molecule has 112 valence electrons. The molecule has 1 fully saturated rings. The highest BCUT2D eigenvalue weighted by molar-refractivity contribution is 14.1. The van der Waals surface area contributed by atoms with Crippen molar-refractivity contribution in [3.8, 4) is 5.75 Å². The molecule has 0 aromatic heterocycles. The van der Waals surface area contributed by atoms with E-state index < -0.39 is 0 Å². The van der Waals surface area contributed by atoms with Crippen molar-refractivity contribution in [2.24, 2.45) is 0 Å². The van der Waals surface area contributed by atoms with Crippen molar-refractivity contribution < 1.29 is 4.74 Å². The molecule has 0 amide bonds. The van der Waals surface area contributed by atoms with Crippen molar-refractivity contribution in [2.75, 3.05) is 39.3 Å². The highest BCUT2D eigenvalue weighted by atomic mass is 127. The normalized spacial score (nSPS) is 17.6. The maximum Gasteiger partial charge on any atom is 0.119 e. The topological polar surface area (TPSA) is 15.7 Å². The monoisotopic (exact) mass is 388 g/mol. The van der Waals surface area contributed by atoms with Gasteiger partial charge in [0.2, 0.25) is 0 Å². The summed E-state index contributed by atoms with van der Waals surface area (Å²) in [5.41, 5.74) is 0. The van der Waals surface area contributed by atoms with Crippen molar-refractivity contribution >= 4 is 22.6 Å². The van der Waals surface area contributed by atoms with Crippen LogP contribution in [0.15, 0.2) is 24.3 Å². The molecule has 1 aromatic rings. The molecule has 0 radical (unpaired) electrons. The van der Waals surface area contributed by atoms with Crippen LogP contribution >= 0.6 is 22.6 Å². The third-order valence-corrected chi connectivity index (χ3v) is 4.56. The van der Waals surface area contributed by atoms with Crippen LogP contribution in [0.5, 0.6) is 5.75 Å². The van der Waals surface area contributed by atoms with E-state index in [4.69, 9.17) is 4.74 Å². The average Bonchev–Trinajstić information content (AvgIpc) is 2.46. The Kier molecular flexibility index (Phi) is 6.58. The lowest BCUT2D eigenvalue weighted by Gasteiger charge is -2.36. The molecule has 2 rings (SSSR count). The van der Waals surface area contributed by atoms with Crippen LogP contribution in [-0.4, -0.2) is 55.2 Å². The minimum absolute atomic E-state index is 0.682. The van der Waals surface area contributed by atoms with Gasteiger partial charge in [-0.3, -0.25) is 4.90 Å². The first kappa shape index (κ1) is 16.0. The van der Waals surface area contributed by atoms with Gasteiger partial charge in [0, 0.05) is 42.3 Å². The van der Waals surface area contributed by atoms with E-state index in [0.717, 1.165) is 25.3 Å². The van der Waals surface area contributed by atoms with Crippen LogP contribution in [0.2, 0.25) is 0 Å². The molecular weight excluding hydrogens is 363 g/mol. The molecule has 4 heteroatoms. The van der Waals surface area contributed by atoms with E-state index in [1.165, 1.54) is 29.7 Å². The summed E-state index contributed by atoms with van der Waals surface area (Å²) in [7, 11) is 0. The van der Waals surface area contributed by atoms with Gasteiger partial charge in [0.1, 0.15) is 5.75 Å². The first-order valence-corrected chi connectivity index (χ1v) is 8.58. The van der Waals surface area contributed by atoms with Gasteiger partial charge in [-0.25, -0.2) is 0 Å². The van der Waals surface area contributed by atoms with E-state index in [2.05, 4.69) is 58.4 Å². The summed E-state index contributed by atoms with van der Waals surface area (Å²) < 4.78 is 7.02. The molecule has 1 heterocycles.